The summed E-state index contributed by atoms with van der Waals surface area (Å²) in [5, 5.41) is 15.6. The molecule has 4 N–H and O–H groups in total. The predicted molar refractivity (Wildman–Crippen MR) is 240 cm³/mol. The molecule has 6 rings (SSSR count). The number of halogens is 4. The van der Waals surface area contributed by atoms with Crippen molar-refractivity contribution >= 4 is 58.2 Å². The van der Waals surface area contributed by atoms with E-state index in [0.717, 1.165) is 35.1 Å². The first-order valence-electron chi connectivity index (χ1n) is 19.3. The van der Waals surface area contributed by atoms with Crippen LogP contribution in [0.25, 0.3) is 0 Å². The van der Waals surface area contributed by atoms with Gasteiger partial charge in [-0.2, -0.15) is 0 Å². The molecule has 300 valence electrons. The Morgan fingerprint density at radius 3 is 0.931 bits per heavy atom. The van der Waals surface area contributed by atoms with Gasteiger partial charge in [-0.3, -0.25) is 9.59 Å². The van der Waals surface area contributed by atoms with E-state index < -0.39 is 0 Å². The lowest BCUT2D eigenvalue weighted by Gasteiger charge is -2.19. The fourth-order valence-electron chi connectivity index (χ4n) is 6.08. The highest BCUT2D eigenvalue weighted by Crippen LogP contribution is 2.14. The molecule has 0 aliphatic heterocycles. The van der Waals surface area contributed by atoms with E-state index in [4.69, 9.17) is 46.4 Å². The lowest BCUT2D eigenvalue weighted by Crippen LogP contribution is -2.44. The molecule has 0 radical (unpaired) electrons. The molecule has 6 nitrogen and oxygen atoms in total. The lowest BCUT2D eigenvalue weighted by molar-refractivity contribution is -0.124. The average molecular weight is 855 g/mol. The molecule has 0 unspecified atom stereocenters. The average Bonchev–Trinajstić information content (AvgIpc) is 3.25. The summed E-state index contributed by atoms with van der Waals surface area (Å²) in [6.45, 7) is 2.15. The third kappa shape index (κ3) is 16.3. The number of nitrogens with one attached hydrogen (secondary N) is 4. The largest absolute Gasteiger partial charge is 0.351 e. The molecule has 6 aromatic rings. The standard InChI is InChI=1S/2C24H24Cl2N2O/c2*25-21-11-6-19(7-12-21)16-27-23(15-10-18-4-2-1-3-5-18)24(29)28-17-20-8-13-22(26)14-9-20/h2*1-9,11-14,23,27H,10,15-17H2,(H,28,29)/t2*23-/m00/s1. The molecule has 0 aliphatic rings. The minimum atomic E-state index is -0.293. The van der Waals surface area contributed by atoms with E-state index in [-0.39, 0.29) is 23.9 Å². The summed E-state index contributed by atoms with van der Waals surface area (Å²) in [5.74, 6) is -0.0188. The van der Waals surface area contributed by atoms with Crippen molar-refractivity contribution in [2.45, 2.75) is 63.9 Å². The molecule has 58 heavy (non-hydrogen) atoms. The molecule has 2 amide bonds. The van der Waals surface area contributed by atoms with Gasteiger partial charge >= 0.3 is 0 Å². The SMILES string of the molecule is O=C(NCc1ccc(Cl)cc1)[C@H](CCc1ccccc1)NCc1ccc(Cl)cc1.O=C(NCc1ccc(Cl)cc1)[C@H](CCc1ccccc1)NCc1ccc(Cl)cc1. The van der Waals surface area contributed by atoms with Crippen molar-refractivity contribution in [1.82, 2.24) is 21.3 Å². The van der Waals surface area contributed by atoms with Crippen LogP contribution in [0.2, 0.25) is 20.1 Å². The van der Waals surface area contributed by atoms with Crippen molar-refractivity contribution in [3.8, 4) is 0 Å². The van der Waals surface area contributed by atoms with Gasteiger partial charge in [-0.1, -0.05) is 156 Å². The van der Waals surface area contributed by atoms with Crippen LogP contribution in [0.1, 0.15) is 46.2 Å². The number of amides is 2. The fourth-order valence-corrected chi connectivity index (χ4v) is 6.58. The van der Waals surface area contributed by atoms with Crippen LogP contribution in [0.5, 0.6) is 0 Å². The lowest BCUT2D eigenvalue weighted by atomic mass is 10.0. The zero-order valence-corrected chi connectivity index (χ0v) is 35.2. The van der Waals surface area contributed by atoms with E-state index in [1.165, 1.54) is 11.1 Å². The van der Waals surface area contributed by atoms with Crippen LogP contribution in [0.4, 0.5) is 0 Å². The summed E-state index contributed by atoms with van der Waals surface area (Å²) in [6, 6.07) is 50.1. The molecule has 0 heterocycles. The Labute approximate surface area is 362 Å². The molecular weight excluding hydrogens is 806 g/mol. The number of rotatable bonds is 18. The van der Waals surface area contributed by atoms with E-state index >= 15 is 0 Å². The summed E-state index contributed by atoms with van der Waals surface area (Å²) in [4.78, 5) is 25.7. The van der Waals surface area contributed by atoms with E-state index in [1.54, 1.807) is 0 Å². The van der Waals surface area contributed by atoms with Crippen molar-refractivity contribution in [3.63, 3.8) is 0 Å². The Kier molecular flexibility index (Phi) is 18.6. The normalized spacial score (nSPS) is 11.8. The maximum Gasteiger partial charge on any atom is 0.237 e. The van der Waals surface area contributed by atoms with Gasteiger partial charge in [0.15, 0.2) is 0 Å². The van der Waals surface area contributed by atoms with Crippen molar-refractivity contribution in [2.75, 3.05) is 0 Å². The van der Waals surface area contributed by atoms with Crippen LogP contribution in [0.15, 0.2) is 158 Å². The van der Waals surface area contributed by atoms with Crippen molar-refractivity contribution in [1.29, 1.82) is 0 Å². The van der Waals surface area contributed by atoms with Crippen LogP contribution in [-0.2, 0) is 48.6 Å². The van der Waals surface area contributed by atoms with Crippen LogP contribution in [0.3, 0.4) is 0 Å². The highest BCUT2D eigenvalue weighted by atomic mass is 35.5. The number of hydrogen-bond donors (Lipinski definition) is 4. The number of benzene rings is 6. The number of carbonyl (C=O) groups is 2. The Morgan fingerprint density at radius 1 is 0.362 bits per heavy atom. The van der Waals surface area contributed by atoms with E-state index in [9.17, 15) is 9.59 Å². The second kappa shape index (κ2) is 24.3. The zero-order valence-electron chi connectivity index (χ0n) is 32.2. The highest BCUT2D eigenvalue weighted by Gasteiger charge is 2.19. The maximum atomic E-state index is 12.9. The Morgan fingerprint density at radius 2 is 0.638 bits per heavy atom. The third-order valence-corrected chi connectivity index (χ3v) is 10.5. The van der Waals surface area contributed by atoms with E-state index in [0.29, 0.717) is 59.1 Å². The first-order chi connectivity index (χ1) is 28.2. The summed E-state index contributed by atoms with van der Waals surface area (Å²) in [6.07, 6.45) is 3.08. The monoisotopic (exact) mass is 852 g/mol. The van der Waals surface area contributed by atoms with Crippen LogP contribution < -0.4 is 21.3 Å². The number of aryl methyl sites for hydroxylation is 2. The second-order valence-electron chi connectivity index (χ2n) is 13.9. The maximum absolute atomic E-state index is 12.9. The van der Waals surface area contributed by atoms with Gasteiger partial charge in [0.25, 0.3) is 0 Å². The Balaban J connectivity index is 0.000000221. The molecule has 0 aromatic heterocycles. The van der Waals surface area contributed by atoms with E-state index in [2.05, 4.69) is 45.5 Å². The van der Waals surface area contributed by atoms with Gasteiger partial charge < -0.3 is 21.3 Å². The summed E-state index contributed by atoms with van der Waals surface area (Å²) < 4.78 is 0. The van der Waals surface area contributed by atoms with Crippen molar-refractivity contribution < 1.29 is 9.59 Å². The molecule has 0 saturated heterocycles. The topological polar surface area (TPSA) is 82.3 Å². The number of carbonyl (C=O) groups excluding carboxylic acids is 2. The highest BCUT2D eigenvalue weighted by molar-refractivity contribution is 6.31. The summed E-state index contributed by atoms with van der Waals surface area (Å²) >= 11 is 23.8. The molecule has 6 aromatic carbocycles. The van der Waals surface area contributed by atoms with Gasteiger partial charge in [0.05, 0.1) is 12.1 Å². The van der Waals surface area contributed by atoms with Gasteiger partial charge in [0.1, 0.15) is 0 Å². The fraction of sp³-hybridized carbons (Fsp3) is 0.208. The molecule has 0 aliphatic carbocycles. The van der Waals surface area contributed by atoms with Crippen LogP contribution in [-0.4, -0.2) is 23.9 Å². The number of hydrogen-bond acceptors (Lipinski definition) is 4. The Bertz CT molecular complexity index is 1950. The smallest absolute Gasteiger partial charge is 0.237 e. The van der Waals surface area contributed by atoms with Gasteiger partial charge in [-0.25, -0.2) is 0 Å². The quantitative estimate of drug-likeness (QED) is 0.0694. The molecule has 0 fully saturated rings. The molecule has 2 atom stereocenters. The minimum absolute atomic E-state index is 0.00940. The van der Waals surface area contributed by atoms with Crippen molar-refractivity contribution in [2.24, 2.45) is 0 Å². The van der Waals surface area contributed by atoms with Gasteiger partial charge in [0.2, 0.25) is 11.8 Å². The molecule has 10 heteroatoms. The van der Waals surface area contributed by atoms with Crippen LogP contribution in [0, 0.1) is 0 Å². The Hall–Kier alpha value is -4.66. The first-order valence-corrected chi connectivity index (χ1v) is 20.8. The van der Waals surface area contributed by atoms with Crippen LogP contribution >= 0.6 is 46.4 Å². The van der Waals surface area contributed by atoms with E-state index in [1.807, 2.05) is 133 Å². The predicted octanol–water partition coefficient (Wildman–Crippen LogP) is 10.8. The zero-order chi connectivity index (χ0) is 41.0. The van der Waals surface area contributed by atoms with Gasteiger partial charge in [0, 0.05) is 46.3 Å². The third-order valence-electron chi connectivity index (χ3n) is 9.45. The second-order valence-corrected chi connectivity index (χ2v) is 15.6. The summed E-state index contributed by atoms with van der Waals surface area (Å²) in [5.41, 5.74) is 6.64. The molecular formula is C48H48Cl4N4O2. The summed E-state index contributed by atoms with van der Waals surface area (Å²) in [7, 11) is 0. The molecule has 0 spiro atoms. The molecule has 0 saturated carbocycles. The van der Waals surface area contributed by atoms with Crippen molar-refractivity contribution in [3.05, 3.63) is 211 Å². The minimum Gasteiger partial charge on any atom is -0.351 e. The van der Waals surface area contributed by atoms with Gasteiger partial charge in [-0.15, -0.1) is 0 Å². The van der Waals surface area contributed by atoms with Gasteiger partial charge in [-0.05, 0) is 108 Å². The first kappa shape index (κ1) is 44.4. The molecule has 0 bridgehead atoms.